The summed E-state index contributed by atoms with van der Waals surface area (Å²) in [6.07, 6.45) is 6.06. The molecule has 0 atom stereocenters. The number of halogens is 1. The Morgan fingerprint density at radius 2 is 1.93 bits per heavy atom. The highest BCUT2D eigenvalue weighted by Crippen LogP contribution is 2.23. The van der Waals surface area contributed by atoms with E-state index in [0.29, 0.717) is 16.6 Å². The topological polar surface area (TPSA) is 71.0 Å². The SMILES string of the molecule is O=C(Nc1nnc(Cc2ccc(Cl)cc2)s1)C1CCN(Cc2cccnc2)CC1. The molecule has 3 heterocycles. The highest BCUT2D eigenvalue weighted by molar-refractivity contribution is 7.15. The summed E-state index contributed by atoms with van der Waals surface area (Å²) in [6.45, 7) is 2.70. The summed E-state index contributed by atoms with van der Waals surface area (Å²) in [5.41, 5.74) is 2.32. The van der Waals surface area contributed by atoms with E-state index < -0.39 is 0 Å². The summed E-state index contributed by atoms with van der Waals surface area (Å²) in [7, 11) is 0. The van der Waals surface area contributed by atoms with E-state index >= 15 is 0 Å². The molecule has 6 nitrogen and oxygen atoms in total. The zero-order chi connectivity index (χ0) is 20.1. The molecule has 4 rings (SSSR count). The lowest BCUT2D eigenvalue weighted by molar-refractivity contribution is -0.121. The summed E-state index contributed by atoms with van der Waals surface area (Å²) in [5.74, 6) is 0.0592. The summed E-state index contributed by atoms with van der Waals surface area (Å²) < 4.78 is 0. The maximum atomic E-state index is 12.6. The molecule has 150 valence electrons. The second kappa shape index (κ2) is 9.43. The van der Waals surface area contributed by atoms with Crippen LogP contribution in [-0.4, -0.2) is 39.1 Å². The highest BCUT2D eigenvalue weighted by atomic mass is 35.5. The van der Waals surface area contributed by atoms with Gasteiger partial charge in [-0.3, -0.25) is 14.7 Å². The number of hydrogen-bond donors (Lipinski definition) is 1. The maximum Gasteiger partial charge on any atom is 0.229 e. The van der Waals surface area contributed by atoms with Gasteiger partial charge in [-0.15, -0.1) is 10.2 Å². The Bertz CT molecular complexity index is 939. The number of pyridine rings is 1. The van der Waals surface area contributed by atoms with Crippen molar-refractivity contribution in [2.75, 3.05) is 18.4 Å². The molecule has 0 spiro atoms. The fraction of sp³-hybridized carbons (Fsp3) is 0.333. The number of benzene rings is 1. The van der Waals surface area contributed by atoms with E-state index in [1.54, 1.807) is 6.20 Å². The number of nitrogens with zero attached hydrogens (tertiary/aromatic N) is 4. The molecular formula is C21H22ClN5OS. The molecule has 0 aliphatic carbocycles. The van der Waals surface area contributed by atoms with Crippen LogP contribution in [0.3, 0.4) is 0 Å². The van der Waals surface area contributed by atoms with E-state index in [9.17, 15) is 4.79 Å². The van der Waals surface area contributed by atoms with Crippen molar-refractivity contribution in [2.45, 2.75) is 25.8 Å². The first-order valence-electron chi connectivity index (χ1n) is 9.64. The zero-order valence-corrected chi connectivity index (χ0v) is 17.5. The van der Waals surface area contributed by atoms with Crippen LogP contribution in [0.1, 0.15) is 29.0 Å². The number of carbonyl (C=O) groups excluding carboxylic acids is 1. The summed E-state index contributed by atoms with van der Waals surface area (Å²) >= 11 is 7.34. The van der Waals surface area contributed by atoms with Gasteiger partial charge in [0.25, 0.3) is 0 Å². The lowest BCUT2D eigenvalue weighted by Gasteiger charge is -2.30. The Labute approximate surface area is 179 Å². The predicted octanol–water partition coefficient (Wildman–Crippen LogP) is 4.03. The number of likely N-dealkylation sites (tertiary alicyclic amines) is 1. The third-order valence-electron chi connectivity index (χ3n) is 5.05. The molecule has 8 heteroatoms. The van der Waals surface area contributed by atoms with Gasteiger partial charge >= 0.3 is 0 Å². The van der Waals surface area contributed by atoms with E-state index in [1.165, 1.54) is 16.9 Å². The minimum absolute atomic E-state index is 0.0174. The normalized spacial score (nSPS) is 15.3. The number of aromatic nitrogens is 3. The Morgan fingerprint density at radius 3 is 2.66 bits per heavy atom. The first-order valence-corrected chi connectivity index (χ1v) is 10.8. The second-order valence-electron chi connectivity index (χ2n) is 7.21. The fourth-order valence-corrected chi connectivity index (χ4v) is 4.37. The van der Waals surface area contributed by atoms with Gasteiger partial charge < -0.3 is 5.32 Å². The number of hydrogen-bond acceptors (Lipinski definition) is 6. The van der Waals surface area contributed by atoms with Crippen LogP contribution in [0.5, 0.6) is 0 Å². The fourth-order valence-electron chi connectivity index (χ4n) is 3.46. The first-order chi connectivity index (χ1) is 14.2. The largest absolute Gasteiger partial charge is 0.300 e. The average Bonchev–Trinajstić information content (AvgIpc) is 3.18. The Kier molecular flexibility index (Phi) is 6.49. The van der Waals surface area contributed by atoms with Crippen LogP contribution in [0.25, 0.3) is 0 Å². The molecule has 1 saturated heterocycles. The molecule has 1 fully saturated rings. The molecule has 1 aromatic carbocycles. The molecule has 0 unspecified atom stereocenters. The van der Waals surface area contributed by atoms with E-state index in [0.717, 1.165) is 43.0 Å². The van der Waals surface area contributed by atoms with Gasteiger partial charge in [-0.2, -0.15) is 0 Å². The molecule has 1 aliphatic rings. The standard InChI is InChI=1S/C21H22ClN5OS/c22-18-5-3-15(4-6-18)12-19-25-26-21(29-19)24-20(28)17-7-10-27(11-8-17)14-16-2-1-9-23-13-16/h1-6,9,13,17H,7-8,10-12,14H2,(H,24,26,28). The first kappa shape index (κ1) is 19.9. The molecule has 1 N–H and O–H groups in total. The molecule has 0 saturated carbocycles. The van der Waals surface area contributed by atoms with E-state index in [1.807, 2.05) is 36.5 Å². The van der Waals surface area contributed by atoms with E-state index in [-0.39, 0.29) is 11.8 Å². The Morgan fingerprint density at radius 1 is 1.14 bits per heavy atom. The van der Waals surface area contributed by atoms with Crippen molar-refractivity contribution < 1.29 is 4.79 Å². The van der Waals surface area contributed by atoms with Gasteiger partial charge in [-0.25, -0.2) is 0 Å². The van der Waals surface area contributed by atoms with Gasteiger partial charge in [0.05, 0.1) is 0 Å². The number of rotatable bonds is 6. The predicted molar refractivity (Wildman–Crippen MR) is 115 cm³/mol. The van der Waals surface area contributed by atoms with Crippen LogP contribution in [-0.2, 0) is 17.8 Å². The molecule has 29 heavy (non-hydrogen) atoms. The van der Waals surface area contributed by atoms with Gasteiger partial charge in [0, 0.05) is 36.3 Å². The number of amides is 1. The average molecular weight is 428 g/mol. The van der Waals surface area contributed by atoms with E-state index in [2.05, 4.69) is 31.5 Å². The van der Waals surface area contributed by atoms with Crippen molar-refractivity contribution in [1.82, 2.24) is 20.1 Å². The van der Waals surface area contributed by atoms with Gasteiger partial charge in [0.1, 0.15) is 5.01 Å². The summed E-state index contributed by atoms with van der Waals surface area (Å²) in [4.78, 5) is 19.2. The van der Waals surface area contributed by atoms with Crippen molar-refractivity contribution in [2.24, 2.45) is 5.92 Å². The highest BCUT2D eigenvalue weighted by Gasteiger charge is 2.25. The quantitative estimate of drug-likeness (QED) is 0.643. The van der Waals surface area contributed by atoms with Crippen LogP contribution in [0.15, 0.2) is 48.8 Å². The number of piperidine rings is 1. The van der Waals surface area contributed by atoms with Crippen molar-refractivity contribution >= 4 is 34.0 Å². The van der Waals surface area contributed by atoms with Crippen LogP contribution >= 0.6 is 22.9 Å². The van der Waals surface area contributed by atoms with Crippen molar-refractivity contribution in [3.63, 3.8) is 0 Å². The minimum atomic E-state index is 0.0174. The molecule has 3 aromatic rings. The second-order valence-corrected chi connectivity index (χ2v) is 8.70. The lowest BCUT2D eigenvalue weighted by Crippen LogP contribution is -2.37. The Balaban J connectivity index is 1.26. The van der Waals surface area contributed by atoms with Crippen molar-refractivity contribution in [3.05, 3.63) is 69.9 Å². The molecule has 1 aliphatic heterocycles. The molecule has 0 radical (unpaired) electrons. The van der Waals surface area contributed by atoms with Gasteiger partial charge in [0.15, 0.2) is 0 Å². The monoisotopic (exact) mass is 427 g/mol. The molecular weight excluding hydrogens is 406 g/mol. The lowest BCUT2D eigenvalue weighted by atomic mass is 9.96. The van der Waals surface area contributed by atoms with Gasteiger partial charge in [0.2, 0.25) is 11.0 Å². The summed E-state index contributed by atoms with van der Waals surface area (Å²) in [6, 6.07) is 11.7. The third kappa shape index (κ3) is 5.59. The van der Waals surface area contributed by atoms with Gasteiger partial charge in [-0.1, -0.05) is 41.1 Å². The van der Waals surface area contributed by atoms with Crippen LogP contribution in [0, 0.1) is 5.92 Å². The minimum Gasteiger partial charge on any atom is -0.300 e. The van der Waals surface area contributed by atoms with Gasteiger partial charge in [-0.05, 0) is 55.3 Å². The number of nitrogens with one attached hydrogen (secondary N) is 1. The van der Waals surface area contributed by atoms with Crippen molar-refractivity contribution in [3.8, 4) is 0 Å². The molecule has 0 bridgehead atoms. The third-order valence-corrected chi connectivity index (χ3v) is 6.14. The zero-order valence-electron chi connectivity index (χ0n) is 15.9. The maximum absolute atomic E-state index is 12.6. The van der Waals surface area contributed by atoms with Crippen LogP contribution < -0.4 is 5.32 Å². The van der Waals surface area contributed by atoms with Crippen LogP contribution in [0.2, 0.25) is 5.02 Å². The Hall–Kier alpha value is -2.35. The number of anilines is 1. The molecule has 2 aromatic heterocycles. The van der Waals surface area contributed by atoms with E-state index in [4.69, 9.17) is 11.6 Å². The van der Waals surface area contributed by atoms with Crippen LogP contribution in [0.4, 0.5) is 5.13 Å². The van der Waals surface area contributed by atoms with Crippen molar-refractivity contribution in [1.29, 1.82) is 0 Å². The smallest absolute Gasteiger partial charge is 0.229 e. The molecule has 1 amide bonds. The summed E-state index contributed by atoms with van der Waals surface area (Å²) in [5, 5.41) is 13.4. The number of carbonyl (C=O) groups is 1.